The van der Waals surface area contributed by atoms with Gasteiger partial charge in [-0.2, -0.15) is 5.10 Å². The van der Waals surface area contributed by atoms with Crippen LogP contribution >= 0.6 is 0 Å². The number of nitrogens with one attached hydrogen (secondary N) is 1. The maximum absolute atomic E-state index is 5.54. The summed E-state index contributed by atoms with van der Waals surface area (Å²) in [5.74, 6) is 5.54. The molecular formula is C11H22N4O. The number of hydrogen-bond acceptors (Lipinski definition) is 4. The Morgan fingerprint density at radius 2 is 2.38 bits per heavy atom. The van der Waals surface area contributed by atoms with Crippen LogP contribution in [-0.2, 0) is 18.2 Å². The van der Waals surface area contributed by atoms with Crippen LogP contribution in [0.4, 0.5) is 0 Å². The first kappa shape index (κ1) is 13.2. The van der Waals surface area contributed by atoms with Gasteiger partial charge in [0.1, 0.15) is 0 Å². The Morgan fingerprint density at radius 1 is 1.62 bits per heavy atom. The number of nitrogens with two attached hydrogens (primary N) is 1. The first-order chi connectivity index (χ1) is 7.71. The first-order valence-corrected chi connectivity index (χ1v) is 5.67. The van der Waals surface area contributed by atoms with Gasteiger partial charge in [0.05, 0.1) is 12.3 Å². The highest BCUT2D eigenvalue weighted by atomic mass is 16.5. The third-order valence-electron chi connectivity index (χ3n) is 2.87. The zero-order valence-electron chi connectivity index (χ0n) is 10.3. The molecule has 0 fully saturated rings. The molecule has 1 rings (SSSR count). The van der Waals surface area contributed by atoms with Gasteiger partial charge in [0, 0.05) is 26.4 Å². The predicted molar refractivity (Wildman–Crippen MR) is 63.7 cm³/mol. The maximum Gasteiger partial charge on any atom is 0.0735 e. The van der Waals surface area contributed by atoms with E-state index in [-0.39, 0.29) is 12.1 Å². The van der Waals surface area contributed by atoms with Crippen molar-refractivity contribution in [2.45, 2.75) is 38.3 Å². The predicted octanol–water partition coefficient (Wildman–Crippen LogP) is 0.610. The Hall–Kier alpha value is -0.910. The molecule has 1 heterocycles. The van der Waals surface area contributed by atoms with E-state index in [0.29, 0.717) is 0 Å². The SMILES string of the molecule is CCC(OC)C(CCc1cnn(C)c1)NN. The van der Waals surface area contributed by atoms with Crippen LogP contribution < -0.4 is 11.3 Å². The molecule has 0 bridgehead atoms. The number of rotatable bonds is 7. The normalized spacial score (nSPS) is 15.0. The summed E-state index contributed by atoms with van der Waals surface area (Å²) in [6.07, 6.45) is 6.96. The summed E-state index contributed by atoms with van der Waals surface area (Å²) in [6, 6.07) is 0.190. The molecule has 2 unspecified atom stereocenters. The molecule has 0 aliphatic rings. The number of aryl methyl sites for hydroxylation is 2. The summed E-state index contributed by atoms with van der Waals surface area (Å²) in [5, 5.41) is 4.14. The van der Waals surface area contributed by atoms with Crippen LogP contribution in [0, 0.1) is 0 Å². The van der Waals surface area contributed by atoms with Crippen LogP contribution in [0.5, 0.6) is 0 Å². The maximum atomic E-state index is 5.54. The summed E-state index contributed by atoms with van der Waals surface area (Å²) < 4.78 is 7.20. The Kier molecular flexibility index (Phi) is 5.45. The largest absolute Gasteiger partial charge is 0.380 e. The zero-order chi connectivity index (χ0) is 12.0. The molecular weight excluding hydrogens is 204 g/mol. The van der Waals surface area contributed by atoms with Crippen LogP contribution in [0.1, 0.15) is 25.3 Å². The number of hydrazine groups is 1. The van der Waals surface area contributed by atoms with Crippen LogP contribution in [0.15, 0.2) is 12.4 Å². The van der Waals surface area contributed by atoms with E-state index < -0.39 is 0 Å². The van der Waals surface area contributed by atoms with Gasteiger partial charge in [-0.1, -0.05) is 6.92 Å². The number of aromatic nitrogens is 2. The van der Waals surface area contributed by atoms with Crippen molar-refractivity contribution in [1.29, 1.82) is 0 Å². The third kappa shape index (κ3) is 3.59. The van der Waals surface area contributed by atoms with E-state index in [1.54, 1.807) is 7.11 Å². The van der Waals surface area contributed by atoms with Gasteiger partial charge in [0.2, 0.25) is 0 Å². The minimum absolute atomic E-state index is 0.168. The van der Waals surface area contributed by atoms with Crippen molar-refractivity contribution >= 4 is 0 Å². The minimum atomic E-state index is 0.168. The lowest BCUT2D eigenvalue weighted by Crippen LogP contribution is -2.44. The first-order valence-electron chi connectivity index (χ1n) is 5.67. The molecule has 0 aromatic carbocycles. The molecule has 2 atom stereocenters. The highest BCUT2D eigenvalue weighted by molar-refractivity contribution is 5.04. The van der Waals surface area contributed by atoms with E-state index in [1.165, 1.54) is 5.56 Å². The fourth-order valence-electron chi connectivity index (χ4n) is 1.92. The number of nitrogens with zero attached hydrogens (tertiary/aromatic N) is 2. The van der Waals surface area contributed by atoms with Crippen molar-refractivity contribution in [3.8, 4) is 0 Å². The average Bonchev–Trinajstić information content (AvgIpc) is 2.70. The molecule has 0 amide bonds. The van der Waals surface area contributed by atoms with Gasteiger partial charge in [-0.25, -0.2) is 0 Å². The second kappa shape index (κ2) is 6.62. The third-order valence-corrected chi connectivity index (χ3v) is 2.87. The van der Waals surface area contributed by atoms with Gasteiger partial charge >= 0.3 is 0 Å². The Morgan fingerprint density at radius 3 is 2.81 bits per heavy atom. The molecule has 16 heavy (non-hydrogen) atoms. The molecule has 1 aromatic rings. The van der Waals surface area contributed by atoms with E-state index in [9.17, 15) is 0 Å². The Bertz CT molecular complexity index is 296. The molecule has 0 aliphatic carbocycles. The van der Waals surface area contributed by atoms with Crippen molar-refractivity contribution in [2.24, 2.45) is 12.9 Å². The van der Waals surface area contributed by atoms with Crippen molar-refractivity contribution in [3.63, 3.8) is 0 Å². The lowest BCUT2D eigenvalue weighted by Gasteiger charge is -2.24. The van der Waals surface area contributed by atoms with Gasteiger partial charge < -0.3 is 4.74 Å². The second-order valence-corrected chi connectivity index (χ2v) is 4.02. The highest BCUT2D eigenvalue weighted by Crippen LogP contribution is 2.10. The van der Waals surface area contributed by atoms with Gasteiger partial charge in [-0.15, -0.1) is 0 Å². The molecule has 0 aliphatic heterocycles. The van der Waals surface area contributed by atoms with Crippen LogP contribution in [0.25, 0.3) is 0 Å². The Balaban J connectivity index is 2.44. The summed E-state index contributed by atoms with van der Waals surface area (Å²) in [4.78, 5) is 0. The molecule has 3 N–H and O–H groups in total. The monoisotopic (exact) mass is 226 g/mol. The van der Waals surface area contributed by atoms with Crippen LogP contribution in [0.2, 0.25) is 0 Å². The zero-order valence-corrected chi connectivity index (χ0v) is 10.3. The van der Waals surface area contributed by atoms with E-state index >= 15 is 0 Å². The van der Waals surface area contributed by atoms with Gasteiger partial charge in [-0.05, 0) is 24.8 Å². The number of methoxy groups -OCH3 is 1. The lowest BCUT2D eigenvalue weighted by atomic mass is 10.0. The van der Waals surface area contributed by atoms with Crippen molar-refractivity contribution in [1.82, 2.24) is 15.2 Å². The fraction of sp³-hybridized carbons (Fsp3) is 0.727. The quantitative estimate of drug-likeness (QED) is 0.528. The molecule has 0 saturated heterocycles. The van der Waals surface area contributed by atoms with Crippen LogP contribution in [-0.4, -0.2) is 29.0 Å². The van der Waals surface area contributed by atoms with E-state index in [1.807, 2.05) is 24.1 Å². The Labute approximate surface area is 96.9 Å². The molecule has 0 spiro atoms. The summed E-state index contributed by atoms with van der Waals surface area (Å²) >= 11 is 0. The molecule has 1 aromatic heterocycles. The van der Waals surface area contributed by atoms with Gasteiger partial charge in [0.15, 0.2) is 0 Å². The smallest absolute Gasteiger partial charge is 0.0735 e. The fourth-order valence-corrected chi connectivity index (χ4v) is 1.92. The second-order valence-electron chi connectivity index (χ2n) is 4.02. The molecule has 0 saturated carbocycles. The van der Waals surface area contributed by atoms with Crippen molar-refractivity contribution in [2.75, 3.05) is 7.11 Å². The summed E-state index contributed by atoms with van der Waals surface area (Å²) in [7, 11) is 3.65. The average molecular weight is 226 g/mol. The lowest BCUT2D eigenvalue weighted by molar-refractivity contribution is 0.0626. The molecule has 5 heteroatoms. The summed E-state index contributed by atoms with van der Waals surface area (Å²) in [5.41, 5.74) is 4.06. The molecule has 0 radical (unpaired) electrons. The van der Waals surface area contributed by atoms with Gasteiger partial charge in [-0.3, -0.25) is 16.0 Å². The number of hydrogen-bond donors (Lipinski definition) is 2. The van der Waals surface area contributed by atoms with E-state index in [0.717, 1.165) is 19.3 Å². The van der Waals surface area contributed by atoms with Crippen molar-refractivity contribution < 1.29 is 4.74 Å². The standard InChI is InChI=1S/C11H22N4O/c1-4-11(16-3)10(14-12)6-5-9-7-13-15(2)8-9/h7-8,10-11,14H,4-6,12H2,1-3H3. The molecule has 5 nitrogen and oxygen atoms in total. The van der Waals surface area contributed by atoms with E-state index in [2.05, 4.69) is 17.4 Å². The minimum Gasteiger partial charge on any atom is -0.380 e. The van der Waals surface area contributed by atoms with E-state index in [4.69, 9.17) is 10.6 Å². The van der Waals surface area contributed by atoms with Crippen LogP contribution in [0.3, 0.4) is 0 Å². The van der Waals surface area contributed by atoms with Gasteiger partial charge in [0.25, 0.3) is 0 Å². The van der Waals surface area contributed by atoms with Crippen molar-refractivity contribution in [3.05, 3.63) is 18.0 Å². The highest BCUT2D eigenvalue weighted by Gasteiger charge is 2.17. The topological polar surface area (TPSA) is 65.1 Å². The summed E-state index contributed by atoms with van der Waals surface area (Å²) in [6.45, 7) is 2.10. The number of ether oxygens (including phenoxy) is 1. The molecule has 92 valence electrons.